The highest BCUT2D eigenvalue weighted by molar-refractivity contribution is 5.51. The fourth-order valence-corrected chi connectivity index (χ4v) is 1.97. The van der Waals surface area contributed by atoms with Crippen molar-refractivity contribution >= 4 is 5.69 Å². The zero-order chi connectivity index (χ0) is 13.7. The molecule has 0 spiro atoms. The Bertz CT molecular complexity index is 515. The van der Waals surface area contributed by atoms with Crippen LogP contribution in [0.15, 0.2) is 28.8 Å². The number of hydrogen-bond acceptors (Lipinski definition) is 4. The van der Waals surface area contributed by atoms with Crippen LogP contribution in [0.25, 0.3) is 0 Å². The summed E-state index contributed by atoms with van der Waals surface area (Å²) in [7, 11) is 0. The minimum atomic E-state index is 0.626. The first kappa shape index (κ1) is 13.6. The maximum Gasteiger partial charge on any atom is 0.138 e. The first-order valence-electron chi connectivity index (χ1n) is 6.53. The Morgan fingerprint density at radius 1 is 1.26 bits per heavy atom. The Balaban J connectivity index is 2.07. The minimum absolute atomic E-state index is 0.626. The molecule has 1 N–H and O–H groups in total. The van der Waals surface area contributed by atoms with Crippen molar-refractivity contribution in [2.24, 2.45) is 0 Å². The van der Waals surface area contributed by atoms with E-state index in [4.69, 9.17) is 9.26 Å². The molecule has 0 aliphatic rings. The third-order valence-corrected chi connectivity index (χ3v) is 3.12. The van der Waals surface area contributed by atoms with E-state index >= 15 is 0 Å². The second-order valence-corrected chi connectivity index (χ2v) is 4.45. The van der Waals surface area contributed by atoms with Gasteiger partial charge in [-0.1, -0.05) is 23.4 Å². The van der Waals surface area contributed by atoms with Crippen LogP contribution in [0.4, 0.5) is 5.69 Å². The molecule has 0 saturated heterocycles. The maximum absolute atomic E-state index is 5.47. The van der Waals surface area contributed by atoms with Gasteiger partial charge in [0.05, 0.1) is 12.3 Å². The molecule has 0 radical (unpaired) electrons. The Morgan fingerprint density at radius 3 is 2.74 bits per heavy atom. The van der Waals surface area contributed by atoms with Gasteiger partial charge < -0.3 is 14.6 Å². The molecule has 0 aliphatic carbocycles. The molecule has 4 heteroatoms. The summed E-state index contributed by atoms with van der Waals surface area (Å²) in [5, 5.41) is 7.39. The van der Waals surface area contributed by atoms with Gasteiger partial charge in [0.25, 0.3) is 0 Å². The summed E-state index contributed by atoms with van der Waals surface area (Å²) >= 11 is 0. The smallest absolute Gasteiger partial charge is 0.138 e. The fraction of sp³-hybridized carbons (Fsp3) is 0.400. The first-order valence-corrected chi connectivity index (χ1v) is 6.53. The van der Waals surface area contributed by atoms with Gasteiger partial charge in [-0.25, -0.2) is 0 Å². The van der Waals surface area contributed by atoms with E-state index in [9.17, 15) is 0 Å². The molecule has 19 heavy (non-hydrogen) atoms. The van der Waals surface area contributed by atoms with Gasteiger partial charge in [0.15, 0.2) is 0 Å². The number of hydrogen-bond donors (Lipinski definition) is 1. The normalized spacial score (nSPS) is 10.7. The zero-order valence-corrected chi connectivity index (χ0v) is 11.7. The van der Waals surface area contributed by atoms with E-state index in [2.05, 4.69) is 22.6 Å². The van der Waals surface area contributed by atoms with Crippen molar-refractivity contribution in [1.82, 2.24) is 5.16 Å². The van der Waals surface area contributed by atoms with E-state index in [1.54, 1.807) is 0 Å². The topological polar surface area (TPSA) is 47.3 Å². The van der Waals surface area contributed by atoms with Crippen LogP contribution in [0.2, 0.25) is 0 Å². The van der Waals surface area contributed by atoms with Crippen LogP contribution in [0.5, 0.6) is 0 Å². The molecule has 1 aromatic heterocycles. The number of anilines is 1. The average Bonchev–Trinajstić information content (AvgIpc) is 2.74. The third-order valence-electron chi connectivity index (χ3n) is 3.12. The van der Waals surface area contributed by atoms with E-state index in [-0.39, 0.29) is 0 Å². The predicted molar refractivity (Wildman–Crippen MR) is 75.1 cm³/mol. The van der Waals surface area contributed by atoms with E-state index in [0.29, 0.717) is 13.2 Å². The molecule has 4 nitrogen and oxygen atoms in total. The van der Waals surface area contributed by atoms with Gasteiger partial charge in [-0.3, -0.25) is 0 Å². The van der Waals surface area contributed by atoms with Crippen LogP contribution in [0.3, 0.4) is 0 Å². The van der Waals surface area contributed by atoms with E-state index in [1.165, 1.54) is 0 Å². The number of aromatic nitrogens is 1. The molecule has 2 rings (SSSR count). The van der Waals surface area contributed by atoms with Crippen molar-refractivity contribution in [2.45, 2.75) is 33.9 Å². The zero-order valence-electron chi connectivity index (χ0n) is 11.7. The van der Waals surface area contributed by atoms with E-state index in [0.717, 1.165) is 34.9 Å². The van der Waals surface area contributed by atoms with Crippen molar-refractivity contribution in [3.8, 4) is 0 Å². The molecule has 0 atom stereocenters. The van der Waals surface area contributed by atoms with Crippen molar-refractivity contribution in [2.75, 3.05) is 11.9 Å². The van der Waals surface area contributed by atoms with Crippen LogP contribution in [0, 0.1) is 13.8 Å². The molecule has 0 unspecified atom stereocenters. The molecule has 102 valence electrons. The number of benzene rings is 1. The highest BCUT2D eigenvalue weighted by Gasteiger charge is 2.09. The Hall–Kier alpha value is -1.81. The van der Waals surface area contributed by atoms with E-state index in [1.807, 2.05) is 32.9 Å². The SMILES string of the molecule is CCOCc1ccccc1NCc1c(C)noc1C. The quantitative estimate of drug-likeness (QED) is 0.864. The van der Waals surface area contributed by atoms with Crippen LogP contribution in [0.1, 0.15) is 29.5 Å². The first-order chi connectivity index (χ1) is 9.22. The number of nitrogens with zero attached hydrogens (tertiary/aromatic N) is 1. The Labute approximate surface area is 113 Å². The second-order valence-electron chi connectivity index (χ2n) is 4.45. The third kappa shape index (κ3) is 3.35. The molecule has 2 aromatic rings. The van der Waals surface area contributed by atoms with Crippen LogP contribution < -0.4 is 5.32 Å². The highest BCUT2D eigenvalue weighted by Crippen LogP contribution is 2.19. The number of ether oxygens (including phenoxy) is 1. The van der Waals surface area contributed by atoms with Crippen LogP contribution >= 0.6 is 0 Å². The number of aryl methyl sites for hydroxylation is 2. The Kier molecular flexibility index (Phi) is 4.58. The minimum Gasteiger partial charge on any atom is -0.380 e. The number of para-hydroxylation sites is 1. The lowest BCUT2D eigenvalue weighted by Crippen LogP contribution is -2.05. The van der Waals surface area contributed by atoms with Crippen molar-refractivity contribution < 1.29 is 9.26 Å². The number of rotatable bonds is 6. The lowest BCUT2D eigenvalue weighted by atomic mass is 10.1. The highest BCUT2D eigenvalue weighted by atomic mass is 16.5. The molecule has 0 bridgehead atoms. The molecular weight excluding hydrogens is 240 g/mol. The number of nitrogens with one attached hydrogen (secondary N) is 1. The summed E-state index contributed by atoms with van der Waals surface area (Å²) in [5.74, 6) is 0.868. The van der Waals surface area contributed by atoms with E-state index < -0.39 is 0 Å². The lowest BCUT2D eigenvalue weighted by molar-refractivity contribution is 0.134. The molecule has 1 heterocycles. The summed E-state index contributed by atoms with van der Waals surface area (Å²) in [4.78, 5) is 0. The van der Waals surface area contributed by atoms with Gasteiger partial charge in [0, 0.05) is 30.0 Å². The summed E-state index contributed by atoms with van der Waals surface area (Å²) < 4.78 is 10.6. The summed E-state index contributed by atoms with van der Waals surface area (Å²) in [6.07, 6.45) is 0. The predicted octanol–water partition coefficient (Wildman–Crippen LogP) is 3.44. The molecule has 0 aliphatic heterocycles. The van der Waals surface area contributed by atoms with Crippen molar-refractivity contribution in [1.29, 1.82) is 0 Å². The van der Waals surface area contributed by atoms with Crippen LogP contribution in [-0.4, -0.2) is 11.8 Å². The lowest BCUT2D eigenvalue weighted by Gasteiger charge is -2.11. The van der Waals surface area contributed by atoms with Crippen molar-refractivity contribution in [3.63, 3.8) is 0 Å². The fourth-order valence-electron chi connectivity index (χ4n) is 1.97. The molecule has 0 fully saturated rings. The molecule has 0 amide bonds. The standard InChI is InChI=1S/C15H20N2O2/c1-4-18-10-13-7-5-6-8-15(13)16-9-14-11(2)17-19-12(14)3/h5-8,16H,4,9-10H2,1-3H3. The summed E-state index contributed by atoms with van der Waals surface area (Å²) in [6.45, 7) is 7.95. The van der Waals surface area contributed by atoms with Crippen molar-refractivity contribution in [3.05, 3.63) is 46.8 Å². The van der Waals surface area contributed by atoms with Gasteiger partial charge in [-0.15, -0.1) is 0 Å². The van der Waals surface area contributed by atoms with Gasteiger partial charge >= 0.3 is 0 Å². The van der Waals surface area contributed by atoms with Gasteiger partial charge in [-0.05, 0) is 26.8 Å². The van der Waals surface area contributed by atoms with Gasteiger partial charge in [0.2, 0.25) is 0 Å². The molecule has 0 saturated carbocycles. The summed E-state index contributed by atoms with van der Waals surface area (Å²) in [6, 6.07) is 8.18. The average molecular weight is 260 g/mol. The summed E-state index contributed by atoms with van der Waals surface area (Å²) in [5.41, 5.74) is 4.31. The monoisotopic (exact) mass is 260 g/mol. The van der Waals surface area contributed by atoms with Gasteiger partial charge in [0.1, 0.15) is 5.76 Å². The Morgan fingerprint density at radius 2 is 2.05 bits per heavy atom. The second kappa shape index (κ2) is 6.38. The molecular formula is C15H20N2O2. The largest absolute Gasteiger partial charge is 0.380 e. The van der Waals surface area contributed by atoms with Gasteiger partial charge in [-0.2, -0.15) is 0 Å². The van der Waals surface area contributed by atoms with Crippen LogP contribution in [-0.2, 0) is 17.9 Å². The molecule has 1 aromatic carbocycles. The maximum atomic E-state index is 5.47.